The van der Waals surface area contributed by atoms with Crippen LogP contribution in [0.15, 0.2) is 66.7 Å². The first kappa shape index (κ1) is 17.1. The Morgan fingerprint density at radius 3 is 2.69 bits per heavy atom. The lowest BCUT2D eigenvalue weighted by Crippen LogP contribution is -1.98. The van der Waals surface area contributed by atoms with Gasteiger partial charge in [-0.2, -0.15) is 0 Å². The lowest BCUT2D eigenvalue weighted by atomic mass is 10.0. The van der Waals surface area contributed by atoms with E-state index in [1.165, 1.54) is 6.07 Å². The number of rotatable bonds is 2. The Bertz CT molecular complexity index is 1320. The smallest absolute Gasteiger partial charge is 0.235 e. The maximum Gasteiger partial charge on any atom is 0.235 e. The van der Waals surface area contributed by atoms with E-state index in [0.717, 1.165) is 33.8 Å². The van der Waals surface area contributed by atoms with Gasteiger partial charge in [-0.05, 0) is 23.3 Å². The molecule has 6 heteroatoms. The minimum absolute atomic E-state index is 0.0516. The number of Topliss-reactive ketones (excluding diaryl/α,β-unsaturated/α-hetero) is 1. The molecule has 142 valence electrons. The fourth-order valence-corrected chi connectivity index (χ4v) is 3.72. The van der Waals surface area contributed by atoms with Gasteiger partial charge in [-0.3, -0.25) is 4.79 Å². The molecule has 4 aromatic rings. The summed E-state index contributed by atoms with van der Waals surface area (Å²) in [5.74, 6) is -0.690. The van der Waals surface area contributed by atoms with Crippen LogP contribution in [0.4, 0.5) is 0 Å². The van der Waals surface area contributed by atoms with Crippen molar-refractivity contribution in [3.8, 4) is 28.4 Å². The zero-order chi connectivity index (χ0) is 20.1. The van der Waals surface area contributed by atoms with E-state index in [1.54, 1.807) is 12.3 Å². The van der Waals surface area contributed by atoms with E-state index in [9.17, 15) is 15.0 Å². The second-order valence-corrected chi connectivity index (χ2v) is 6.90. The minimum Gasteiger partial charge on any atom is -0.508 e. The Morgan fingerprint density at radius 2 is 1.90 bits per heavy atom. The van der Waals surface area contributed by atoms with E-state index < -0.39 is 5.78 Å². The number of aryl methyl sites for hydroxylation is 1. The fraction of sp³-hybridized carbons (Fsp3) is 0.0435. The number of phenolic OH excluding ortho intramolecular Hbond substituents is 2. The Morgan fingerprint density at radius 1 is 1.10 bits per heavy atom. The van der Waals surface area contributed by atoms with Gasteiger partial charge in [0, 0.05) is 42.5 Å². The number of aromatic hydroxyl groups is 2. The summed E-state index contributed by atoms with van der Waals surface area (Å²) in [7, 11) is 1.89. The second kappa shape index (κ2) is 6.24. The van der Waals surface area contributed by atoms with Crippen LogP contribution in [-0.4, -0.2) is 25.5 Å². The van der Waals surface area contributed by atoms with Gasteiger partial charge in [-0.1, -0.05) is 30.3 Å². The summed E-state index contributed by atoms with van der Waals surface area (Å²) in [5, 5.41) is 20.6. The van der Waals surface area contributed by atoms with Gasteiger partial charge in [-0.15, -0.1) is 0 Å². The molecule has 2 aromatic carbocycles. The van der Waals surface area contributed by atoms with Crippen LogP contribution >= 0.6 is 0 Å². The van der Waals surface area contributed by atoms with Crippen LogP contribution in [0.25, 0.3) is 28.2 Å². The van der Waals surface area contributed by atoms with Gasteiger partial charge in [0.1, 0.15) is 28.5 Å². The number of hydrogen-bond acceptors (Lipinski definition) is 5. The van der Waals surface area contributed by atoms with E-state index >= 15 is 0 Å². The molecule has 2 aromatic heterocycles. The zero-order valence-corrected chi connectivity index (χ0v) is 15.5. The summed E-state index contributed by atoms with van der Waals surface area (Å²) >= 11 is 0. The van der Waals surface area contributed by atoms with Crippen LogP contribution in [0.2, 0.25) is 0 Å². The van der Waals surface area contributed by atoms with Crippen molar-refractivity contribution in [1.29, 1.82) is 0 Å². The van der Waals surface area contributed by atoms with Crippen LogP contribution in [0.5, 0.6) is 17.2 Å². The quantitative estimate of drug-likeness (QED) is 0.504. The van der Waals surface area contributed by atoms with Crippen LogP contribution in [-0.2, 0) is 7.05 Å². The number of carbonyl (C=O) groups is 1. The SMILES string of the molecule is Cn1cc(C=C2Oc3cc(O)cc(O)c3C2=O)c2c(-c3ccccc3)ccnc21. The van der Waals surface area contributed by atoms with Crippen molar-refractivity contribution in [3.05, 3.63) is 77.8 Å². The van der Waals surface area contributed by atoms with Crippen molar-refractivity contribution in [2.75, 3.05) is 0 Å². The number of pyridine rings is 1. The van der Waals surface area contributed by atoms with E-state index in [-0.39, 0.29) is 28.6 Å². The number of hydrogen-bond donors (Lipinski definition) is 2. The van der Waals surface area contributed by atoms with Gasteiger partial charge in [-0.25, -0.2) is 4.98 Å². The molecule has 0 saturated carbocycles. The number of phenols is 2. The Kier molecular flexibility index (Phi) is 3.67. The molecule has 0 atom stereocenters. The molecule has 0 unspecified atom stereocenters. The normalized spacial score (nSPS) is 14.4. The van der Waals surface area contributed by atoms with Crippen molar-refractivity contribution in [3.63, 3.8) is 0 Å². The largest absolute Gasteiger partial charge is 0.508 e. The first-order valence-electron chi connectivity index (χ1n) is 9.02. The number of allylic oxidation sites excluding steroid dienone is 1. The van der Waals surface area contributed by atoms with Crippen LogP contribution in [0.3, 0.4) is 0 Å². The number of benzene rings is 2. The van der Waals surface area contributed by atoms with Crippen molar-refractivity contribution in [1.82, 2.24) is 9.55 Å². The highest BCUT2D eigenvalue weighted by Gasteiger charge is 2.31. The lowest BCUT2D eigenvalue weighted by molar-refractivity contribution is 0.101. The number of ether oxygens (including phenoxy) is 1. The number of aromatic nitrogens is 2. The van der Waals surface area contributed by atoms with Crippen molar-refractivity contribution >= 4 is 22.9 Å². The molecule has 0 bridgehead atoms. The second-order valence-electron chi connectivity index (χ2n) is 6.90. The molecule has 0 saturated heterocycles. The van der Waals surface area contributed by atoms with Crippen molar-refractivity contribution in [2.45, 2.75) is 0 Å². The summed E-state index contributed by atoms with van der Waals surface area (Å²) in [6, 6.07) is 14.3. The molecule has 3 heterocycles. The third kappa shape index (κ3) is 2.65. The molecular formula is C23H16N2O4. The minimum atomic E-state index is -0.431. The predicted molar refractivity (Wildman–Crippen MR) is 109 cm³/mol. The van der Waals surface area contributed by atoms with E-state index in [0.29, 0.717) is 0 Å². The molecule has 29 heavy (non-hydrogen) atoms. The molecule has 1 aliphatic heterocycles. The van der Waals surface area contributed by atoms with E-state index in [2.05, 4.69) is 4.98 Å². The Labute approximate surface area is 165 Å². The summed E-state index contributed by atoms with van der Waals surface area (Å²) in [6.45, 7) is 0. The Hall–Kier alpha value is -4.06. The maximum atomic E-state index is 12.8. The number of nitrogens with zero attached hydrogens (tertiary/aromatic N) is 2. The average molecular weight is 384 g/mol. The highest BCUT2D eigenvalue weighted by Crippen LogP contribution is 2.41. The van der Waals surface area contributed by atoms with Gasteiger partial charge < -0.3 is 19.5 Å². The van der Waals surface area contributed by atoms with Gasteiger partial charge >= 0.3 is 0 Å². The summed E-state index contributed by atoms with van der Waals surface area (Å²) in [5.41, 5.74) is 3.63. The number of carbonyl (C=O) groups excluding carboxylic acids is 1. The maximum absolute atomic E-state index is 12.8. The molecular weight excluding hydrogens is 368 g/mol. The highest BCUT2D eigenvalue weighted by molar-refractivity contribution is 6.17. The van der Waals surface area contributed by atoms with Crippen molar-refractivity contribution < 1.29 is 19.7 Å². The van der Waals surface area contributed by atoms with Gasteiger partial charge in [0.2, 0.25) is 5.78 Å². The van der Waals surface area contributed by atoms with Gasteiger partial charge in [0.25, 0.3) is 0 Å². The highest BCUT2D eigenvalue weighted by atomic mass is 16.5. The average Bonchev–Trinajstić information content (AvgIpc) is 3.19. The zero-order valence-electron chi connectivity index (χ0n) is 15.5. The number of fused-ring (bicyclic) bond motifs is 2. The third-order valence-corrected chi connectivity index (χ3v) is 4.99. The van der Waals surface area contributed by atoms with Gasteiger partial charge in [0.15, 0.2) is 5.76 Å². The topological polar surface area (TPSA) is 84.6 Å². The third-order valence-electron chi connectivity index (χ3n) is 4.99. The molecule has 6 nitrogen and oxygen atoms in total. The standard InChI is InChI=1S/C23H16N2O4/c1-25-12-14(9-19-22(28)21-17(27)10-15(26)11-18(21)29-19)20-16(7-8-24-23(20)25)13-5-3-2-4-6-13/h2-12,26-27H,1H3. The van der Waals surface area contributed by atoms with Crippen molar-refractivity contribution in [2.24, 2.45) is 7.05 Å². The molecule has 1 aliphatic rings. The molecule has 0 amide bonds. The molecule has 0 spiro atoms. The molecule has 2 N–H and O–H groups in total. The van der Waals surface area contributed by atoms with Crippen LogP contribution in [0, 0.1) is 0 Å². The lowest BCUT2D eigenvalue weighted by Gasteiger charge is -2.05. The van der Waals surface area contributed by atoms with Crippen LogP contribution in [0.1, 0.15) is 15.9 Å². The van der Waals surface area contributed by atoms with E-state index in [1.807, 2.05) is 54.2 Å². The molecule has 5 rings (SSSR count). The summed E-state index contributed by atoms with van der Waals surface area (Å²) in [4.78, 5) is 17.3. The van der Waals surface area contributed by atoms with Crippen LogP contribution < -0.4 is 4.74 Å². The first-order chi connectivity index (χ1) is 14.0. The molecule has 0 aliphatic carbocycles. The summed E-state index contributed by atoms with van der Waals surface area (Å²) < 4.78 is 7.54. The summed E-state index contributed by atoms with van der Waals surface area (Å²) in [6.07, 6.45) is 5.29. The Balaban J connectivity index is 1.69. The predicted octanol–water partition coefficient (Wildman–Crippen LogP) is 4.27. The number of ketones is 1. The molecule has 0 radical (unpaired) electrons. The fourth-order valence-electron chi connectivity index (χ4n) is 3.72. The monoisotopic (exact) mass is 384 g/mol. The first-order valence-corrected chi connectivity index (χ1v) is 9.02. The van der Waals surface area contributed by atoms with Gasteiger partial charge in [0.05, 0.1) is 0 Å². The van der Waals surface area contributed by atoms with E-state index in [4.69, 9.17) is 4.74 Å². The molecule has 0 fully saturated rings.